The van der Waals surface area contributed by atoms with Crippen LogP contribution in [0.4, 0.5) is 10.5 Å². The SMILES string of the molecule is CCN(CCO)C(=O)Nc1ccc(OC)c(Cl)c1. The number of aliphatic hydroxyl groups excluding tert-OH is 1. The van der Waals surface area contributed by atoms with E-state index >= 15 is 0 Å². The molecular weight excluding hydrogens is 256 g/mol. The van der Waals surface area contributed by atoms with Gasteiger partial charge in [0.2, 0.25) is 0 Å². The van der Waals surface area contributed by atoms with E-state index in [2.05, 4.69) is 5.32 Å². The average Bonchev–Trinajstić information content (AvgIpc) is 2.36. The Labute approximate surface area is 111 Å². The highest BCUT2D eigenvalue weighted by atomic mass is 35.5. The second kappa shape index (κ2) is 7.08. The van der Waals surface area contributed by atoms with Crippen molar-refractivity contribution in [2.24, 2.45) is 0 Å². The van der Waals surface area contributed by atoms with Crippen LogP contribution in [0, 0.1) is 0 Å². The molecule has 0 bridgehead atoms. The molecule has 6 heteroatoms. The van der Waals surface area contributed by atoms with E-state index < -0.39 is 0 Å². The quantitative estimate of drug-likeness (QED) is 0.864. The molecule has 5 nitrogen and oxygen atoms in total. The van der Waals surface area contributed by atoms with E-state index in [-0.39, 0.29) is 12.6 Å². The molecule has 1 rings (SSSR count). The lowest BCUT2D eigenvalue weighted by Crippen LogP contribution is -2.36. The number of nitrogens with one attached hydrogen (secondary N) is 1. The van der Waals surface area contributed by atoms with Crippen molar-refractivity contribution in [1.82, 2.24) is 4.90 Å². The van der Waals surface area contributed by atoms with Gasteiger partial charge in [0.15, 0.2) is 0 Å². The molecule has 0 saturated carbocycles. The monoisotopic (exact) mass is 272 g/mol. The number of amides is 2. The second-order valence-corrected chi connectivity index (χ2v) is 3.99. The van der Waals surface area contributed by atoms with Crippen LogP contribution in [0.3, 0.4) is 0 Å². The number of carbonyl (C=O) groups excluding carboxylic acids is 1. The number of halogens is 1. The number of ether oxygens (including phenoxy) is 1. The van der Waals surface area contributed by atoms with Gasteiger partial charge in [0.25, 0.3) is 0 Å². The second-order valence-electron chi connectivity index (χ2n) is 3.58. The fourth-order valence-corrected chi connectivity index (χ4v) is 1.73. The van der Waals surface area contributed by atoms with E-state index in [1.165, 1.54) is 12.0 Å². The Morgan fingerprint density at radius 1 is 1.56 bits per heavy atom. The van der Waals surface area contributed by atoms with Crippen LogP contribution < -0.4 is 10.1 Å². The molecule has 0 spiro atoms. The highest BCUT2D eigenvalue weighted by Crippen LogP contribution is 2.27. The summed E-state index contributed by atoms with van der Waals surface area (Å²) in [6.45, 7) is 2.60. The molecule has 0 unspecified atom stereocenters. The summed E-state index contributed by atoms with van der Waals surface area (Å²) in [5.74, 6) is 0.553. The van der Waals surface area contributed by atoms with E-state index in [0.29, 0.717) is 29.5 Å². The predicted molar refractivity (Wildman–Crippen MR) is 71.4 cm³/mol. The van der Waals surface area contributed by atoms with Gasteiger partial charge in [0.1, 0.15) is 5.75 Å². The molecule has 2 amide bonds. The van der Waals surface area contributed by atoms with Crippen molar-refractivity contribution < 1.29 is 14.6 Å². The molecule has 0 fully saturated rings. The van der Waals surface area contributed by atoms with Crippen molar-refractivity contribution >= 4 is 23.3 Å². The van der Waals surface area contributed by atoms with Crippen molar-refractivity contribution in [3.05, 3.63) is 23.2 Å². The Bertz CT molecular complexity index is 412. The van der Waals surface area contributed by atoms with Crippen molar-refractivity contribution in [2.45, 2.75) is 6.92 Å². The van der Waals surface area contributed by atoms with Gasteiger partial charge in [-0.25, -0.2) is 4.79 Å². The molecule has 0 aliphatic rings. The number of aliphatic hydroxyl groups is 1. The summed E-state index contributed by atoms with van der Waals surface area (Å²) >= 11 is 5.96. The predicted octanol–water partition coefficient (Wildman–Crippen LogP) is 2.19. The molecule has 0 saturated heterocycles. The summed E-state index contributed by atoms with van der Waals surface area (Å²) in [5, 5.41) is 12.0. The molecule has 100 valence electrons. The summed E-state index contributed by atoms with van der Waals surface area (Å²) in [6, 6.07) is 4.73. The van der Waals surface area contributed by atoms with Crippen molar-refractivity contribution in [2.75, 3.05) is 32.1 Å². The minimum atomic E-state index is -0.271. The zero-order valence-corrected chi connectivity index (χ0v) is 11.2. The van der Waals surface area contributed by atoms with Crippen LogP contribution in [0.15, 0.2) is 18.2 Å². The number of urea groups is 1. The van der Waals surface area contributed by atoms with Crippen LogP contribution in [0.5, 0.6) is 5.75 Å². The minimum Gasteiger partial charge on any atom is -0.495 e. The number of benzene rings is 1. The van der Waals surface area contributed by atoms with Crippen molar-refractivity contribution in [3.8, 4) is 5.75 Å². The standard InChI is InChI=1S/C12H17ClN2O3/c1-3-15(6-7-16)12(17)14-9-4-5-11(18-2)10(13)8-9/h4-5,8,16H,3,6-7H2,1-2H3,(H,14,17). The van der Waals surface area contributed by atoms with Crippen molar-refractivity contribution in [1.29, 1.82) is 0 Å². The Morgan fingerprint density at radius 3 is 2.78 bits per heavy atom. The van der Waals surface area contributed by atoms with Gasteiger partial charge in [-0.15, -0.1) is 0 Å². The van der Waals surface area contributed by atoms with Gasteiger partial charge in [0, 0.05) is 18.8 Å². The number of anilines is 1. The summed E-state index contributed by atoms with van der Waals surface area (Å²) in [5.41, 5.74) is 0.585. The molecule has 1 aromatic rings. The van der Waals surface area contributed by atoms with Gasteiger partial charge >= 0.3 is 6.03 Å². The molecule has 0 radical (unpaired) electrons. The Hall–Kier alpha value is -1.46. The van der Waals surface area contributed by atoms with Crippen LogP contribution in [-0.4, -0.2) is 42.8 Å². The smallest absolute Gasteiger partial charge is 0.321 e. The van der Waals surface area contributed by atoms with E-state index in [1.807, 2.05) is 6.92 Å². The Morgan fingerprint density at radius 2 is 2.28 bits per heavy atom. The summed E-state index contributed by atoms with van der Waals surface area (Å²) in [4.78, 5) is 13.3. The first-order valence-corrected chi connectivity index (χ1v) is 6.00. The summed E-state index contributed by atoms with van der Waals surface area (Å²) in [6.07, 6.45) is 0. The van der Waals surface area contributed by atoms with Crippen LogP contribution in [0.25, 0.3) is 0 Å². The van der Waals surface area contributed by atoms with Crippen LogP contribution in [-0.2, 0) is 0 Å². The molecule has 0 atom stereocenters. The topological polar surface area (TPSA) is 61.8 Å². The normalized spacial score (nSPS) is 10.0. The lowest BCUT2D eigenvalue weighted by Gasteiger charge is -2.20. The molecule has 0 aromatic heterocycles. The van der Waals surface area contributed by atoms with Gasteiger partial charge in [-0.2, -0.15) is 0 Å². The zero-order valence-electron chi connectivity index (χ0n) is 10.4. The number of rotatable bonds is 5. The Kier molecular flexibility index (Phi) is 5.74. The largest absolute Gasteiger partial charge is 0.495 e. The van der Waals surface area contributed by atoms with Crippen LogP contribution in [0.1, 0.15) is 6.92 Å². The first kappa shape index (κ1) is 14.6. The third-order valence-corrected chi connectivity index (χ3v) is 2.74. The molecule has 1 aromatic carbocycles. The average molecular weight is 273 g/mol. The maximum Gasteiger partial charge on any atom is 0.321 e. The molecule has 0 aliphatic heterocycles. The number of likely N-dealkylation sites (N-methyl/N-ethyl adjacent to an activating group) is 1. The maximum absolute atomic E-state index is 11.8. The Balaban J connectivity index is 2.72. The first-order valence-electron chi connectivity index (χ1n) is 5.62. The van der Waals surface area contributed by atoms with Crippen molar-refractivity contribution in [3.63, 3.8) is 0 Å². The third-order valence-electron chi connectivity index (χ3n) is 2.44. The molecule has 2 N–H and O–H groups in total. The minimum absolute atomic E-state index is 0.0649. The number of hydrogen-bond acceptors (Lipinski definition) is 3. The number of nitrogens with zero attached hydrogens (tertiary/aromatic N) is 1. The number of methoxy groups -OCH3 is 1. The van der Waals surface area contributed by atoms with E-state index in [4.69, 9.17) is 21.4 Å². The van der Waals surface area contributed by atoms with Gasteiger partial charge in [-0.1, -0.05) is 11.6 Å². The van der Waals surface area contributed by atoms with E-state index in [1.54, 1.807) is 18.2 Å². The van der Waals surface area contributed by atoms with E-state index in [9.17, 15) is 4.79 Å². The van der Waals surface area contributed by atoms with Gasteiger partial charge < -0.3 is 20.1 Å². The maximum atomic E-state index is 11.8. The van der Waals surface area contributed by atoms with Gasteiger partial charge in [-0.3, -0.25) is 0 Å². The zero-order chi connectivity index (χ0) is 13.5. The number of hydrogen-bond donors (Lipinski definition) is 2. The molecule has 0 heterocycles. The highest BCUT2D eigenvalue weighted by molar-refractivity contribution is 6.32. The molecule has 18 heavy (non-hydrogen) atoms. The lowest BCUT2D eigenvalue weighted by molar-refractivity contribution is 0.192. The third kappa shape index (κ3) is 3.78. The molecule has 0 aliphatic carbocycles. The fourth-order valence-electron chi connectivity index (χ4n) is 1.47. The summed E-state index contributed by atoms with van der Waals surface area (Å²) in [7, 11) is 1.53. The van der Waals surface area contributed by atoms with Gasteiger partial charge in [-0.05, 0) is 25.1 Å². The van der Waals surface area contributed by atoms with Crippen LogP contribution in [0.2, 0.25) is 5.02 Å². The lowest BCUT2D eigenvalue weighted by atomic mass is 10.3. The molecular formula is C12H17ClN2O3. The van der Waals surface area contributed by atoms with E-state index in [0.717, 1.165) is 0 Å². The summed E-state index contributed by atoms with van der Waals surface area (Å²) < 4.78 is 5.02. The number of carbonyl (C=O) groups is 1. The fraction of sp³-hybridized carbons (Fsp3) is 0.417. The van der Waals surface area contributed by atoms with Crippen LogP contribution >= 0.6 is 11.6 Å². The first-order chi connectivity index (χ1) is 8.62. The van der Waals surface area contributed by atoms with Gasteiger partial charge in [0.05, 0.1) is 18.7 Å². The highest BCUT2D eigenvalue weighted by Gasteiger charge is 2.11.